The number of aryl methyl sites for hydroxylation is 1. The predicted molar refractivity (Wildman–Crippen MR) is 66.6 cm³/mol. The van der Waals surface area contributed by atoms with Gasteiger partial charge in [0.1, 0.15) is 0 Å². The lowest BCUT2D eigenvalue weighted by Gasteiger charge is -2.08. The number of rotatable bonds is 5. The quantitative estimate of drug-likeness (QED) is 0.461. The van der Waals surface area contributed by atoms with Crippen LogP contribution in [-0.4, -0.2) is 24.7 Å². The monoisotopic (exact) mass is 254 g/mol. The Morgan fingerprint density at radius 3 is 2.65 bits per heavy atom. The highest BCUT2D eigenvalue weighted by Gasteiger charge is 2.14. The van der Waals surface area contributed by atoms with E-state index < -0.39 is 0 Å². The summed E-state index contributed by atoms with van der Waals surface area (Å²) in [5.74, 6) is -0.110. The molecule has 0 atom stereocenters. The molecule has 0 radical (unpaired) electrons. The Bertz CT molecular complexity index is 427. The maximum absolute atomic E-state index is 11.9. The first-order chi connectivity index (χ1) is 8.08. The van der Waals surface area contributed by atoms with Gasteiger partial charge in [-0.1, -0.05) is 17.7 Å². The molecule has 0 saturated heterocycles. The number of halogens is 1. The van der Waals surface area contributed by atoms with Gasteiger partial charge in [-0.15, -0.1) is 11.6 Å². The molecule has 0 fully saturated rings. The van der Waals surface area contributed by atoms with E-state index in [1.54, 1.807) is 12.1 Å². The second kappa shape index (κ2) is 6.40. The molecule has 3 nitrogen and oxygen atoms in total. The Kier molecular flexibility index (Phi) is 5.16. The lowest BCUT2D eigenvalue weighted by molar-refractivity contribution is -0.139. The van der Waals surface area contributed by atoms with Crippen LogP contribution in [0.5, 0.6) is 0 Å². The van der Waals surface area contributed by atoms with Crippen LogP contribution >= 0.6 is 11.6 Å². The third-order valence-corrected chi connectivity index (χ3v) is 2.64. The number of hydrogen-bond acceptors (Lipinski definition) is 3. The Balaban J connectivity index is 3.03. The fourth-order valence-electron chi connectivity index (χ4n) is 1.55. The maximum atomic E-state index is 11.9. The number of ether oxygens (including phenoxy) is 1. The van der Waals surface area contributed by atoms with Crippen LogP contribution in [0.1, 0.15) is 27.9 Å². The minimum Gasteiger partial charge on any atom is -0.469 e. The molecule has 1 aromatic carbocycles. The molecule has 0 spiro atoms. The average molecular weight is 255 g/mol. The zero-order valence-electron chi connectivity index (χ0n) is 9.96. The summed E-state index contributed by atoms with van der Waals surface area (Å²) >= 11 is 5.56. The van der Waals surface area contributed by atoms with Gasteiger partial charge in [0.05, 0.1) is 13.5 Å². The van der Waals surface area contributed by atoms with Crippen LogP contribution in [0, 0.1) is 6.92 Å². The molecular formula is C13H15ClO3. The highest BCUT2D eigenvalue weighted by molar-refractivity contribution is 6.19. The van der Waals surface area contributed by atoms with Crippen LogP contribution in [0.3, 0.4) is 0 Å². The third kappa shape index (κ3) is 3.86. The lowest BCUT2D eigenvalue weighted by Crippen LogP contribution is -2.10. The second-order valence-corrected chi connectivity index (χ2v) is 4.15. The van der Waals surface area contributed by atoms with Crippen molar-refractivity contribution >= 4 is 23.4 Å². The van der Waals surface area contributed by atoms with E-state index in [4.69, 9.17) is 11.6 Å². The van der Waals surface area contributed by atoms with Crippen molar-refractivity contribution in [3.05, 3.63) is 34.9 Å². The van der Waals surface area contributed by atoms with E-state index in [1.807, 2.05) is 13.0 Å². The number of alkyl halides is 1. The number of benzene rings is 1. The molecule has 0 unspecified atom stereocenters. The summed E-state index contributed by atoms with van der Waals surface area (Å²) in [5.41, 5.74) is 2.24. The van der Waals surface area contributed by atoms with E-state index in [0.717, 1.165) is 5.56 Å². The molecule has 0 aliphatic carbocycles. The topological polar surface area (TPSA) is 43.4 Å². The standard InChI is InChI=1S/C13H15ClO3/c1-9-3-4-10(8-13(16)17-2)11(7-9)12(15)5-6-14/h3-4,7H,5-6,8H2,1-2H3. The van der Waals surface area contributed by atoms with Gasteiger partial charge in [0.2, 0.25) is 0 Å². The molecular weight excluding hydrogens is 240 g/mol. The number of carbonyl (C=O) groups excluding carboxylic acids is 2. The van der Waals surface area contributed by atoms with Crippen molar-refractivity contribution in [3.63, 3.8) is 0 Å². The van der Waals surface area contributed by atoms with Crippen LogP contribution < -0.4 is 0 Å². The molecule has 17 heavy (non-hydrogen) atoms. The highest BCUT2D eigenvalue weighted by Crippen LogP contribution is 2.15. The molecule has 4 heteroatoms. The Hall–Kier alpha value is -1.35. The van der Waals surface area contributed by atoms with Gasteiger partial charge in [-0.05, 0) is 18.6 Å². The van der Waals surface area contributed by atoms with Gasteiger partial charge in [0.15, 0.2) is 5.78 Å². The van der Waals surface area contributed by atoms with Crippen molar-refractivity contribution in [2.24, 2.45) is 0 Å². The SMILES string of the molecule is COC(=O)Cc1ccc(C)cc1C(=O)CCCl. The van der Waals surface area contributed by atoms with E-state index in [2.05, 4.69) is 4.74 Å². The Morgan fingerprint density at radius 1 is 1.35 bits per heavy atom. The van der Waals surface area contributed by atoms with E-state index >= 15 is 0 Å². The molecule has 0 amide bonds. The van der Waals surface area contributed by atoms with E-state index in [-0.39, 0.29) is 30.5 Å². The van der Waals surface area contributed by atoms with Crippen molar-refractivity contribution in [2.45, 2.75) is 19.8 Å². The number of carbonyl (C=O) groups is 2. The second-order valence-electron chi connectivity index (χ2n) is 3.78. The predicted octanol–water partition coefficient (Wildman–Crippen LogP) is 2.52. The van der Waals surface area contributed by atoms with E-state index in [1.165, 1.54) is 7.11 Å². The van der Waals surface area contributed by atoms with Crippen LogP contribution in [-0.2, 0) is 16.0 Å². The van der Waals surface area contributed by atoms with Gasteiger partial charge >= 0.3 is 5.97 Å². The van der Waals surface area contributed by atoms with Gasteiger partial charge in [-0.25, -0.2) is 0 Å². The minimum atomic E-state index is -0.353. The summed E-state index contributed by atoms with van der Waals surface area (Å²) in [6.07, 6.45) is 0.388. The molecule has 1 aromatic rings. The fraction of sp³-hybridized carbons (Fsp3) is 0.385. The zero-order valence-corrected chi connectivity index (χ0v) is 10.7. The van der Waals surface area contributed by atoms with Crippen molar-refractivity contribution in [3.8, 4) is 0 Å². The van der Waals surface area contributed by atoms with Gasteiger partial charge < -0.3 is 4.74 Å². The first-order valence-electron chi connectivity index (χ1n) is 5.34. The summed E-state index contributed by atoms with van der Waals surface area (Å²) in [7, 11) is 1.33. The fourth-order valence-corrected chi connectivity index (χ4v) is 1.72. The van der Waals surface area contributed by atoms with Crippen LogP contribution in [0.25, 0.3) is 0 Å². The summed E-state index contributed by atoms with van der Waals surface area (Å²) in [4.78, 5) is 23.1. The molecule has 0 saturated carbocycles. The van der Waals surface area contributed by atoms with E-state index in [9.17, 15) is 9.59 Å². The number of methoxy groups -OCH3 is 1. The number of ketones is 1. The average Bonchev–Trinajstić information content (AvgIpc) is 2.31. The van der Waals surface area contributed by atoms with Crippen LogP contribution in [0.2, 0.25) is 0 Å². The van der Waals surface area contributed by atoms with Crippen molar-refractivity contribution in [1.82, 2.24) is 0 Å². The van der Waals surface area contributed by atoms with Gasteiger partial charge in [-0.2, -0.15) is 0 Å². The van der Waals surface area contributed by atoms with Gasteiger partial charge in [0, 0.05) is 17.9 Å². The molecule has 0 aliphatic rings. The maximum Gasteiger partial charge on any atom is 0.310 e. The number of hydrogen-bond donors (Lipinski definition) is 0. The molecule has 0 N–H and O–H groups in total. The third-order valence-electron chi connectivity index (χ3n) is 2.45. The molecule has 0 bridgehead atoms. The van der Waals surface area contributed by atoms with Crippen molar-refractivity contribution in [2.75, 3.05) is 13.0 Å². The number of Topliss-reactive ketones (excluding diaryl/α,β-unsaturated/α-hetero) is 1. The molecule has 0 heterocycles. The Morgan fingerprint density at radius 2 is 2.06 bits per heavy atom. The summed E-state index contributed by atoms with van der Waals surface area (Å²) in [6.45, 7) is 1.90. The molecule has 92 valence electrons. The summed E-state index contributed by atoms with van der Waals surface area (Å²) in [5, 5.41) is 0. The van der Waals surface area contributed by atoms with Crippen LogP contribution in [0.15, 0.2) is 18.2 Å². The number of esters is 1. The summed E-state index contributed by atoms with van der Waals surface area (Å²) in [6, 6.07) is 5.44. The van der Waals surface area contributed by atoms with Crippen LogP contribution in [0.4, 0.5) is 0 Å². The van der Waals surface area contributed by atoms with Crippen molar-refractivity contribution in [1.29, 1.82) is 0 Å². The smallest absolute Gasteiger partial charge is 0.310 e. The van der Waals surface area contributed by atoms with Crippen molar-refractivity contribution < 1.29 is 14.3 Å². The molecule has 0 aliphatic heterocycles. The van der Waals surface area contributed by atoms with Gasteiger partial charge in [-0.3, -0.25) is 9.59 Å². The first-order valence-corrected chi connectivity index (χ1v) is 5.87. The normalized spacial score (nSPS) is 10.1. The molecule has 1 rings (SSSR count). The lowest BCUT2D eigenvalue weighted by atomic mass is 9.97. The first kappa shape index (κ1) is 13.7. The Labute approximate surface area is 106 Å². The van der Waals surface area contributed by atoms with E-state index in [0.29, 0.717) is 11.1 Å². The molecule has 0 aromatic heterocycles. The zero-order chi connectivity index (χ0) is 12.8. The summed E-state index contributed by atoms with van der Waals surface area (Å²) < 4.78 is 4.60. The van der Waals surface area contributed by atoms with Gasteiger partial charge in [0.25, 0.3) is 0 Å². The largest absolute Gasteiger partial charge is 0.469 e. The highest BCUT2D eigenvalue weighted by atomic mass is 35.5. The minimum absolute atomic E-state index is 0.0393.